The average molecular weight is 332 g/mol. The van der Waals surface area contributed by atoms with E-state index in [2.05, 4.69) is 16.0 Å². The maximum absolute atomic E-state index is 10.3. The van der Waals surface area contributed by atoms with Crippen LogP contribution < -0.4 is 4.74 Å². The van der Waals surface area contributed by atoms with Crippen molar-refractivity contribution in [2.24, 2.45) is 0 Å². The average Bonchev–Trinajstić information content (AvgIpc) is 3.00. The molecule has 0 aliphatic carbocycles. The number of nitrogens with zero attached hydrogens (tertiary/aromatic N) is 2. The summed E-state index contributed by atoms with van der Waals surface area (Å²) in [6.45, 7) is 2.09. The molecule has 2 aromatic rings. The number of likely N-dealkylation sites (tertiary alicyclic amines) is 1. The molecule has 2 N–H and O–H groups in total. The number of nitriles is 1. The van der Waals surface area contributed by atoms with Crippen LogP contribution in [-0.4, -0.2) is 40.3 Å². The van der Waals surface area contributed by atoms with Crippen LogP contribution in [0.15, 0.2) is 36.5 Å². The van der Waals surface area contributed by atoms with Crippen LogP contribution in [0.25, 0.3) is 0 Å². The molecule has 2 heterocycles. The van der Waals surface area contributed by atoms with Gasteiger partial charge in [-0.1, -0.05) is 11.6 Å². The lowest BCUT2D eigenvalue weighted by Gasteiger charge is -2.35. The Morgan fingerprint density at radius 3 is 2.83 bits per heavy atom. The number of rotatable bonds is 4. The number of halogens is 1. The number of benzene rings is 1. The first-order valence-corrected chi connectivity index (χ1v) is 7.92. The van der Waals surface area contributed by atoms with Gasteiger partial charge in [-0.05, 0) is 42.3 Å². The normalized spacial score (nSPS) is 21.8. The highest BCUT2D eigenvalue weighted by atomic mass is 35.5. The molecule has 6 heteroatoms. The van der Waals surface area contributed by atoms with Crippen LogP contribution in [-0.2, 0) is 6.54 Å². The lowest BCUT2D eigenvalue weighted by Crippen LogP contribution is -2.48. The highest BCUT2D eigenvalue weighted by Crippen LogP contribution is 2.22. The summed E-state index contributed by atoms with van der Waals surface area (Å²) >= 11 is 5.86. The van der Waals surface area contributed by atoms with Crippen LogP contribution in [0, 0.1) is 11.3 Å². The fourth-order valence-electron chi connectivity index (χ4n) is 2.80. The van der Waals surface area contributed by atoms with Crippen LogP contribution >= 0.6 is 11.6 Å². The maximum atomic E-state index is 10.3. The molecule has 2 atom stereocenters. The number of aromatic nitrogens is 1. The molecule has 120 valence electrons. The molecule has 1 aliphatic rings. The van der Waals surface area contributed by atoms with Crippen LogP contribution in [0.5, 0.6) is 5.75 Å². The van der Waals surface area contributed by atoms with Gasteiger partial charge in [0.15, 0.2) is 0 Å². The molecule has 1 fully saturated rings. The molecule has 1 aromatic carbocycles. The number of β-amino-alcohol motifs (C(OH)–C–C–N with tert-alkyl or cyclic N) is 1. The van der Waals surface area contributed by atoms with Crippen LogP contribution in [0.3, 0.4) is 0 Å². The standard InChI is InChI=1S/C17H18ClN3O2/c18-13-1-3-15(4-2-13)23-17-5-6-21(11-16(17)22)10-12-7-14(8-19)20-9-12/h1-4,7,9,16-17,20,22H,5-6,10-11H2/t16-,17-/m1/s1. The van der Waals surface area contributed by atoms with Crippen LogP contribution in [0.4, 0.5) is 0 Å². The van der Waals surface area contributed by atoms with Gasteiger partial charge in [-0.25, -0.2) is 0 Å². The molecule has 0 saturated carbocycles. The van der Waals surface area contributed by atoms with E-state index in [0.29, 0.717) is 23.8 Å². The molecule has 1 aromatic heterocycles. The molecule has 1 aliphatic heterocycles. The number of hydrogen-bond donors (Lipinski definition) is 2. The van der Waals surface area contributed by atoms with Gasteiger partial charge in [0.1, 0.15) is 29.7 Å². The maximum Gasteiger partial charge on any atom is 0.127 e. The van der Waals surface area contributed by atoms with Crippen molar-refractivity contribution in [3.05, 3.63) is 52.8 Å². The molecule has 0 unspecified atom stereocenters. The largest absolute Gasteiger partial charge is 0.488 e. The highest BCUT2D eigenvalue weighted by molar-refractivity contribution is 6.30. The van der Waals surface area contributed by atoms with Crippen molar-refractivity contribution in [3.8, 4) is 11.8 Å². The molecule has 5 nitrogen and oxygen atoms in total. The van der Waals surface area contributed by atoms with Crippen molar-refractivity contribution < 1.29 is 9.84 Å². The van der Waals surface area contributed by atoms with Crippen LogP contribution in [0.1, 0.15) is 17.7 Å². The molecule has 0 spiro atoms. The van der Waals surface area contributed by atoms with Gasteiger partial charge >= 0.3 is 0 Å². The highest BCUT2D eigenvalue weighted by Gasteiger charge is 2.29. The lowest BCUT2D eigenvalue weighted by atomic mass is 10.0. The molecule has 3 rings (SSSR count). The van der Waals surface area contributed by atoms with Gasteiger partial charge in [0, 0.05) is 30.9 Å². The quantitative estimate of drug-likeness (QED) is 0.903. The van der Waals surface area contributed by atoms with Crippen LogP contribution in [0.2, 0.25) is 5.02 Å². The van der Waals surface area contributed by atoms with Crippen molar-refractivity contribution in [2.45, 2.75) is 25.2 Å². The number of ether oxygens (including phenoxy) is 1. The summed E-state index contributed by atoms with van der Waals surface area (Å²) in [5, 5.41) is 19.8. The van der Waals surface area contributed by atoms with E-state index < -0.39 is 6.10 Å². The number of piperidine rings is 1. The molecule has 23 heavy (non-hydrogen) atoms. The fourth-order valence-corrected chi connectivity index (χ4v) is 2.92. The topological polar surface area (TPSA) is 72.3 Å². The summed E-state index contributed by atoms with van der Waals surface area (Å²) in [6.07, 6.45) is 1.82. The fraction of sp³-hybridized carbons (Fsp3) is 0.353. The Balaban J connectivity index is 1.54. The minimum atomic E-state index is -0.547. The Hall–Kier alpha value is -2.00. The van der Waals surface area contributed by atoms with Crippen molar-refractivity contribution in [2.75, 3.05) is 13.1 Å². The predicted octanol–water partition coefficient (Wildman–Crippen LogP) is 2.55. The molecular weight excluding hydrogens is 314 g/mol. The molecular formula is C17H18ClN3O2. The van der Waals surface area contributed by atoms with Gasteiger partial charge < -0.3 is 14.8 Å². The molecule has 0 bridgehead atoms. The van der Waals surface area contributed by atoms with Gasteiger partial charge in [-0.15, -0.1) is 0 Å². The van der Waals surface area contributed by atoms with Crippen molar-refractivity contribution in [3.63, 3.8) is 0 Å². The first kappa shape index (κ1) is 15.9. The second kappa shape index (κ2) is 7.05. The van der Waals surface area contributed by atoms with E-state index >= 15 is 0 Å². The summed E-state index contributed by atoms with van der Waals surface area (Å²) in [5.41, 5.74) is 1.60. The van der Waals surface area contributed by atoms with E-state index in [0.717, 1.165) is 24.3 Å². The molecule has 0 radical (unpaired) electrons. The summed E-state index contributed by atoms with van der Waals surface area (Å²) in [4.78, 5) is 5.08. The Bertz CT molecular complexity index is 693. The number of H-pyrrole nitrogens is 1. The van der Waals surface area contributed by atoms with Gasteiger partial charge in [0.2, 0.25) is 0 Å². The minimum absolute atomic E-state index is 0.215. The lowest BCUT2D eigenvalue weighted by molar-refractivity contribution is -0.0274. The monoisotopic (exact) mass is 331 g/mol. The Morgan fingerprint density at radius 2 is 2.17 bits per heavy atom. The van der Waals surface area contributed by atoms with Gasteiger partial charge in [-0.3, -0.25) is 4.90 Å². The zero-order valence-corrected chi connectivity index (χ0v) is 13.3. The Morgan fingerprint density at radius 1 is 1.39 bits per heavy atom. The van der Waals surface area contributed by atoms with E-state index in [-0.39, 0.29) is 6.10 Å². The van der Waals surface area contributed by atoms with Crippen molar-refractivity contribution >= 4 is 11.6 Å². The zero-order valence-electron chi connectivity index (χ0n) is 12.6. The third-order valence-corrected chi connectivity index (χ3v) is 4.23. The van der Waals surface area contributed by atoms with Crippen molar-refractivity contribution in [1.82, 2.24) is 9.88 Å². The second-order valence-corrected chi connectivity index (χ2v) is 6.17. The molecule has 1 saturated heterocycles. The SMILES string of the molecule is N#Cc1cc(CN2CC[C@@H](Oc3ccc(Cl)cc3)[C@H](O)C2)c[nH]1. The van der Waals surface area contributed by atoms with Gasteiger partial charge in [0.25, 0.3) is 0 Å². The number of aromatic amines is 1. The van der Waals surface area contributed by atoms with E-state index in [1.165, 1.54) is 0 Å². The summed E-state index contributed by atoms with van der Waals surface area (Å²) in [6, 6.07) is 11.1. The summed E-state index contributed by atoms with van der Waals surface area (Å²) in [5.74, 6) is 0.719. The number of nitrogens with one attached hydrogen (secondary N) is 1. The van der Waals surface area contributed by atoms with Gasteiger partial charge in [-0.2, -0.15) is 5.26 Å². The first-order chi connectivity index (χ1) is 11.1. The summed E-state index contributed by atoms with van der Waals surface area (Å²) < 4.78 is 5.86. The third kappa shape index (κ3) is 4.05. The number of aliphatic hydroxyl groups is 1. The van der Waals surface area contributed by atoms with Crippen molar-refractivity contribution in [1.29, 1.82) is 5.26 Å². The smallest absolute Gasteiger partial charge is 0.127 e. The van der Waals surface area contributed by atoms with E-state index in [1.54, 1.807) is 12.1 Å². The van der Waals surface area contributed by atoms with E-state index in [4.69, 9.17) is 21.6 Å². The molecule has 0 amide bonds. The zero-order chi connectivity index (χ0) is 16.2. The number of hydrogen-bond acceptors (Lipinski definition) is 4. The number of aliphatic hydroxyl groups excluding tert-OH is 1. The third-order valence-electron chi connectivity index (χ3n) is 3.97. The predicted molar refractivity (Wildman–Crippen MR) is 87.3 cm³/mol. The van der Waals surface area contributed by atoms with E-state index in [9.17, 15) is 5.11 Å². The Kier molecular flexibility index (Phi) is 4.87. The summed E-state index contributed by atoms with van der Waals surface area (Å²) in [7, 11) is 0. The Labute approximate surface area is 140 Å². The first-order valence-electron chi connectivity index (χ1n) is 7.54. The minimum Gasteiger partial charge on any atom is -0.488 e. The van der Waals surface area contributed by atoms with E-state index in [1.807, 2.05) is 24.4 Å². The second-order valence-electron chi connectivity index (χ2n) is 5.73. The van der Waals surface area contributed by atoms with Gasteiger partial charge in [0.05, 0.1) is 0 Å².